The van der Waals surface area contributed by atoms with E-state index >= 15 is 0 Å². The molecule has 1 aromatic carbocycles. The molecule has 17 heavy (non-hydrogen) atoms. The Morgan fingerprint density at radius 3 is 2.71 bits per heavy atom. The number of rotatable bonds is 5. The summed E-state index contributed by atoms with van der Waals surface area (Å²) in [4.78, 5) is 0. The van der Waals surface area contributed by atoms with Crippen molar-refractivity contribution in [1.29, 1.82) is 0 Å². The van der Waals surface area contributed by atoms with E-state index in [1.165, 1.54) is 0 Å². The van der Waals surface area contributed by atoms with Gasteiger partial charge in [-0.05, 0) is 17.7 Å². The number of nitrogen functional groups attached to an aromatic ring is 1. The molecule has 2 aromatic rings. The molecule has 1 heterocycles. The quantitative estimate of drug-likeness (QED) is 0.830. The minimum absolute atomic E-state index is 0.577. The smallest absolute Gasteiger partial charge is 0.0719 e. The molecule has 0 amide bonds. The van der Waals surface area contributed by atoms with Gasteiger partial charge in [-0.1, -0.05) is 23.7 Å². The van der Waals surface area contributed by atoms with Gasteiger partial charge in [0, 0.05) is 11.2 Å². The molecule has 0 aliphatic rings. The zero-order valence-electron chi connectivity index (χ0n) is 9.34. The molecular formula is C12H14ClN3O. The summed E-state index contributed by atoms with van der Waals surface area (Å²) >= 11 is 5.79. The lowest BCUT2D eigenvalue weighted by Crippen LogP contribution is -2.06. The minimum atomic E-state index is 0.577. The van der Waals surface area contributed by atoms with Crippen LogP contribution in [0.2, 0.25) is 5.02 Å². The number of hydrogen-bond donors (Lipinski definition) is 1. The second-order valence-electron chi connectivity index (χ2n) is 3.72. The largest absolute Gasteiger partial charge is 0.396 e. The summed E-state index contributed by atoms with van der Waals surface area (Å²) in [6.45, 7) is 1.88. The second kappa shape index (κ2) is 5.70. The zero-order valence-corrected chi connectivity index (χ0v) is 10.1. The first-order valence-electron chi connectivity index (χ1n) is 5.34. The van der Waals surface area contributed by atoms with Crippen molar-refractivity contribution in [2.45, 2.75) is 13.2 Å². The molecule has 0 atom stereocenters. The SMILES string of the molecule is Nc1cnn(CCOCc2ccc(Cl)cc2)c1. The number of anilines is 1. The summed E-state index contributed by atoms with van der Waals surface area (Å²) in [5, 5.41) is 4.80. The van der Waals surface area contributed by atoms with Gasteiger partial charge in [0.1, 0.15) is 0 Å². The lowest BCUT2D eigenvalue weighted by molar-refractivity contribution is 0.111. The third-order valence-electron chi connectivity index (χ3n) is 2.30. The van der Waals surface area contributed by atoms with Crippen LogP contribution in [-0.4, -0.2) is 16.4 Å². The van der Waals surface area contributed by atoms with Crippen molar-refractivity contribution in [1.82, 2.24) is 9.78 Å². The lowest BCUT2D eigenvalue weighted by atomic mass is 10.2. The summed E-state index contributed by atoms with van der Waals surface area (Å²) < 4.78 is 7.29. The van der Waals surface area contributed by atoms with E-state index in [1.807, 2.05) is 24.3 Å². The lowest BCUT2D eigenvalue weighted by Gasteiger charge is -2.04. The van der Waals surface area contributed by atoms with Crippen molar-refractivity contribution in [3.05, 3.63) is 47.2 Å². The van der Waals surface area contributed by atoms with Crippen LogP contribution in [0, 0.1) is 0 Å². The van der Waals surface area contributed by atoms with E-state index in [1.54, 1.807) is 17.1 Å². The highest BCUT2D eigenvalue weighted by molar-refractivity contribution is 6.30. The molecule has 0 unspecified atom stereocenters. The first-order valence-corrected chi connectivity index (χ1v) is 5.72. The molecule has 2 N–H and O–H groups in total. The molecular weight excluding hydrogens is 238 g/mol. The van der Waals surface area contributed by atoms with Gasteiger partial charge in [-0.3, -0.25) is 4.68 Å². The molecule has 1 aromatic heterocycles. The standard InChI is InChI=1S/C12H14ClN3O/c13-11-3-1-10(2-4-11)9-17-6-5-16-8-12(14)7-15-16/h1-4,7-8H,5-6,9,14H2. The number of benzene rings is 1. The number of aromatic nitrogens is 2. The van der Waals surface area contributed by atoms with Gasteiger partial charge in [-0.2, -0.15) is 5.10 Å². The van der Waals surface area contributed by atoms with Gasteiger partial charge in [-0.15, -0.1) is 0 Å². The molecule has 2 rings (SSSR count). The molecule has 0 aliphatic heterocycles. The van der Waals surface area contributed by atoms with Crippen molar-refractivity contribution in [2.24, 2.45) is 0 Å². The van der Waals surface area contributed by atoms with Crippen LogP contribution in [0.15, 0.2) is 36.7 Å². The van der Waals surface area contributed by atoms with Crippen molar-refractivity contribution >= 4 is 17.3 Å². The predicted octanol–water partition coefficient (Wildman–Crippen LogP) is 2.34. The summed E-state index contributed by atoms with van der Waals surface area (Å²) in [7, 11) is 0. The molecule has 0 saturated heterocycles. The van der Waals surface area contributed by atoms with E-state index < -0.39 is 0 Å². The van der Waals surface area contributed by atoms with E-state index in [0.29, 0.717) is 25.4 Å². The van der Waals surface area contributed by atoms with Crippen LogP contribution in [0.4, 0.5) is 5.69 Å². The second-order valence-corrected chi connectivity index (χ2v) is 4.15. The molecule has 0 saturated carbocycles. The van der Waals surface area contributed by atoms with Crippen LogP contribution in [0.25, 0.3) is 0 Å². The van der Waals surface area contributed by atoms with E-state index in [-0.39, 0.29) is 0 Å². The van der Waals surface area contributed by atoms with Crippen molar-refractivity contribution < 1.29 is 4.74 Å². The Hall–Kier alpha value is -1.52. The number of hydrogen-bond acceptors (Lipinski definition) is 3. The van der Waals surface area contributed by atoms with E-state index in [9.17, 15) is 0 Å². The normalized spacial score (nSPS) is 10.6. The first-order chi connectivity index (χ1) is 8.24. The molecule has 0 radical (unpaired) electrons. The van der Waals surface area contributed by atoms with E-state index in [4.69, 9.17) is 22.1 Å². The summed E-state index contributed by atoms with van der Waals surface area (Å²) in [6.07, 6.45) is 3.41. The molecule has 0 aliphatic carbocycles. The van der Waals surface area contributed by atoms with Gasteiger partial charge in [0.05, 0.1) is 31.6 Å². The third kappa shape index (κ3) is 3.76. The van der Waals surface area contributed by atoms with Crippen LogP contribution in [0.1, 0.15) is 5.56 Å². The van der Waals surface area contributed by atoms with Crippen molar-refractivity contribution in [3.63, 3.8) is 0 Å². The molecule has 0 bridgehead atoms. The molecule has 90 valence electrons. The highest BCUT2D eigenvalue weighted by Gasteiger charge is 1.96. The van der Waals surface area contributed by atoms with Crippen LogP contribution in [0.5, 0.6) is 0 Å². The van der Waals surface area contributed by atoms with Crippen molar-refractivity contribution in [2.75, 3.05) is 12.3 Å². The molecule has 5 heteroatoms. The van der Waals surface area contributed by atoms with Gasteiger partial charge in [0.2, 0.25) is 0 Å². The number of nitrogens with two attached hydrogens (primary N) is 1. The number of ether oxygens (including phenoxy) is 1. The summed E-state index contributed by atoms with van der Waals surface area (Å²) in [5.74, 6) is 0. The minimum Gasteiger partial charge on any atom is -0.396 e. The maximum Gasteiger partial charge on any atom is 0.0719 e. The Labute approximate surface area is 105 Å². The first kappa shape index (κ1) is 12.0. The fourth-order valence-electron chi connectivity index (χ4n) is 1.43. The van der Waals surface area contributed by atoms with Gasteiger partial charge in [0.25, 0.3) is 0 Å². The average Bonchev–Trinajstić information content (AvgIpc) is 2.73. The van der Waals surface area contributed by atoms with Crippen LogP contribution in [0.3, 0.4) is 0 Å². The third-order valence-corrected chi connectivity index (χ3v) is 2.55. The van der Waals surface area contributed by atoms with E-state index in [2.05, 4.69) is 5.10 Å². The molecule has 0 spiro atoms. The van der Waals surface area contributed by atoms with Gasteiger partial charge in [0.15, 0.2) is 0 Å². The fraction of sp³-hybridized carbons (Fsp3) is 0.250. The van der Waals surface area contributed by atoms with Crippen LogP contribution >= 0.6 is 11.6 Å². The highest BCUT2D eigenvalue weighted by Crippen LogP contribution is 2.10. The van der Waals surface area contributed by atoms with Crippen LogP contribution in [-0.2, 0) is 17.9 Å². The van der Waals surface area contributed by atoms with Gasteiger partial charge >= 0.3 is 0 Å². The Morgan fingerprint density at radius 1 is 1.29 bits per heavy atom. The Balaban J connectivity index is 1.71. The summed E-state index contributed by atoms with van der Waals surface area (Å²) in [6, 6.07) is 7.62. The fourth-order valence-corrected chi connectivity index (χ4v) is 1.56. The Morgan fingerprint density at radius 2 is 2.06 bits per heavy atom. The van der Waals surface area contributed by atoms with Crippen molar-refractivity contribution in [3.8, 4) is 0 Å². The maximum atomic E-state index is 5.79. The molecule has 0 fully saturated rings. The topological polar surface area (TPSA) is 53.1 Å². The monoisotopic (exact) mass is 251 g/mol. The number of nitrogens with zero attached hydrogens (tertiary/aromatic N) is 2. The highest BCUT2D eigenvalue weighted by atomic mass is 35.5. The van der Waals surface area contributed by atoms with Crippen LogP contribution < -0.4 is 5.73 Å². The zero-order chi connectivity index (χ0) is 12.1. The van der Waals surface area contributed by atoms with Gasteiger partial charge < -0.3 is 10.5 Å². The average molecular weight is 252 g/mol. The summed E-state index contributed by atoms with van der Waals surface area (Å²) in [5.41, 5.74) is 7.33. The van der Waals surface area contributed by atoms with Gasteiger partial charge in [-0.25, -0.2) is 0 Å². The number of halogens is 1. The maximum absolute atomic E-state index is 5.79. The Bertz CT molecular complexity index is 467. The molecule has 4 nitrogen and oxygen atoms in total. The van der Waals surface area contributed by atoms with E-state index in [0.717, 1.165) is 10.6 Å². The Kier molecular flexibility index (Phi) is 4.01. The predicted molar refractivity (Wildman–Crippen MR) is 67.7 cm³/mol.